The third kappa shape index (κ3) is 3.92. The van der Waals surface area contributed by atoms with E-state index in [2.05, 4.69) is 0 Å². The van der Waals surface area contributed by atoms with Crippen LogP contribution >= 0.6 is 46.4 Å². The molecule has 7 heteroatoms. The summed E-state index contributed by atoms with van der Waals surface area (Å²) in [4.78, 5) is 14.0. The fraction of sp³-hybridized carbons (Fsp3) is 0.235. The minimum Gasteiger partial charge on any atom is -0.437 e. The van der Waals surface area contributed by atoms with E-state index >= 15 is 0 Å². The average Bonchev–Trinajstić information content (AvgIpc) is 3.33. The lowest BCUT2D eigenvalue weighted by Crippen LogP contribution is -2.26. The van der Waals surface area contributed by atoms with Gasteiger partial charge in [-0.3, -0.25) is 4.90 Å². The Balaban J connectivity index is 1.73. The van der Waals surface area contributed by atoms with Crippen LogP contribution in [0.25, 0.3) is 0 Å². The number of rotatable bonds is 3. The predicted octanol–water partition coefficient (Wildman–Crippen LogP) is 5.94. The number of carbonyl (C=O) groups excluding carboxylic acids is 1. The number of hydrogen-bond acceptors (Lipinski definition) is 2. The molecule has 1 saturated heterocycles. The molecule has 0 radical (unpaired) electrons. The number of halogens is 4. The summed E-state index contributed by atoms with van der Waals surface area (Å²) in [6.07, 6.45) is -1.54. The van der Waals surface area contributed by atoms with Crippen LogP contribution in [0.15, 0.2) is 54.6 Å². The number of carbonyl (C=O) groups is 1. The molecule has 2 aromatic carbocycles. The quantitative estimate of drug-likeness (QED) is 0.467. The van der Waals surface area contributed by atoms with Crippen molar-refractivity contribution in [1.29, 1.82) is 0 Å². The Kier molecular flexibility index (Phi) is 5.16. The zero-order valence-electron chi connectivity index (χ0n) is 12.3. The maximum Gasteiger partial charge on any atom is 0.411 e. The van der Waals surface area contributed by atoms with E-state index in [0.717, 1.165) is 5.56 Å². The Bertz CT molecular complexity index is 733. The molecule has 0 aliphatic carbocycles. The Morgan fingerprint density at radius 3 is 2.33 bits per heavy atom. The first-order valence-corrected chi connectivity index (χ1v) is 8.72. The zero-order valence-corrected chi connectivity index (χ0v) is 15.4. The second kappa shape index (κ2) is 7.01. The van der Waals surface area contributed by atoms with E-state index in [1.807, 2.05) is 24.3 Å². The fourth-order valence-corrected chi connectivity index (χ4v) is 3.25. The highest BCUT2D eigenvalue weighted by Crippen LogP contribution is 2.45. The van der Waals surface area contributed by atoms with Crippen molar-refractivity contribution < 1.29 is 9.53 Å². The van der Waals surface area contributed by atoms with Crippen molar-refractivity contribution in [3.05, 3.63) is 70.7 Å². The van der Waals surface area contributed by atoms with E-state index in [0.29, 0.717) is 17.1 Å². The SMILES string of the molecule is O=C(O[C@H](c1ccccc1)C(Cl)(Cl)Cl)N1C[C@H]1c1ccccc1Cl. The molecule has 1 aliphatic heterocycles. The van der Waals surface area contributed by atoms with Gasteiger partial charge in [-0.15, -0.1) is 0 Å². The van der Waals surface area contributed by atoms with Crippen molar-refractivity contribution in [2.24, 2.45) is 0 Å². The molecule has 3 rings (SSSR count). The van der Waals surface area contributed by atoms with Gasteiger partial charge in [0.25, 0.3) is 0 Å². The standard InChI is InChI=1S/C17H13Cl4NO2/c18-13-9-5-4-8-12(13)14-10-22(14)16(23)24-15(17(19,20)21)11-6-2-1-3-7-11/h1-9,14-15H,10H2/t14-,15+,22?/m0/s1. The summed E-state index contributed by atoms with van der Waals surface area (Å²) in [5, 5.41) is 0.610. The van der Waals surface area contributed by atoms with Gasteiger partial charge >= 0.3 is 6.09 Å². The van der Waals surface area contributed by atoms with Crippen LogP contribution in [-0.4, -0.2) is 21.3 Å². The monoisotopic (exact) mass is 403 g/mol. The topological polar surface area (TPSA) is 29.3 Å². The van der Waals surface area contributed by atoms with Crippen molar-refractivity contribution in [1.82, 2.24) is 4.90 Å². The average molecular weight is 405 g/mol. The molecule has 3 nitrogen and oxygen atoms in total. The van der Waals surface area contributed by atoms with Gasteiger partial charge < -0.3 is 4.74 Å². The largest absolute Gasteiger partial charge is 0.437 e. The van der Waals surface area contributed by atoms with E-state index in [9.17, 15) is 4.79 Å². The number of amides is 1. The number of benzene rings is 2. The Hall–Kier alpha value is -1.13. The van der Waals surface area contributed by atoms with E-state index in [1.165, 1.54) is 4.90 Å². The predicted molar refractivity (Wildman–Crippen MR) is 96.9 cm³/mol. The highest BCUT2D eigenvalue weighted by molar-refractivity contribution is 6.68. The van der Waals surface area contributed by atoms with Crippen molar-refractivity contribution in [3.8, 4) is 0 Å². The van der Waals surface area contributed by atoms with Crippen LogP contribution < -0.4 is 0 Å². The summed E-state index contributed by atoms with van der Waals surface area (Å²) in [7, 11) is 0. The zero-order chi connectivity index (χ0) is 17.3. The fourth-order valence-electron chi connectivity index (χ4n) is 2.47. The molecule has 0 N–H and O–H groups in total. The van der Waals surface area contributed by atoms with Gasteiger partial charge in [0.15, 0.2) is 6.10 Å². The first kappa shape index (κ1) is 17.7. The maximum atomic E-state index is 12.4. The highest BCUT2D eigenvalue weighted by atomic mass is 35.6. The Morgan fingerprint density at radius 2 is 1.71 bits per heavy atom. The smallest absolute Gasteiger partial charge is 0.411 e. The second-order valence-corrected chi connectivity index (χ2v) is 8.18. The van der Waals surface area contributed by atoms with Gasteiger partial charge in [-0.1, -0.05) is 94.9 Å². The van der Waals surface area contributed by atoms with Gasteiger partial charge in [0, 0.05) is 11.6 Å². The van der Waals surface area contributed by atoms with Crippen LogP contribution in [0.5, 0.6) is 0 Å². The number of nitrogens with zero attached hydrogens (tertiary/aromatic N) is 1. The molecule has 2 aromatic rings. The molecule has 1 heterocycles. The van der Waals surface area contributed by atoms with Crippen LogP contribution in [0.3, 0.4) is 0 Å². The Labute approximate surface area is 160 Å². The molecule has 0 aromatic heterocycles. The summed E-state index contributed by atoms with van der Waals surface area (Å²) in [5.74, 6) is 0. The molecule has 0 unspecified atom stereocenters. The Morgan fingerprint density at radius 1 is 1.08 bits per heavy atom. The van der Waals surface area contributed by atoms with Gasteiger partial charge in [-0.05, 0) is 17.2 Å². The van der Waals surface area contributed by atoms with Gasteiger partial charge in [-0.2, -0.15) is 0 Å². The van der Waals surface area contributed by atoms with Crippen LogP contribution in [0.2, 0.25) is 5.02 Å². The van der Waals surface area contributed by atoms with Gasteiger partial charge in [0.1, 0.15) is 0 Å². The van der Waals surface area contributed by atoms with Crippen molar-refractivity contribution in [2.75, 3.05) is 6.54 Å². The lowest BCUT2D eigenvalue weighted by molar-refractivity contribution is 0.0842. The van der Waals surface area contributed by atoms with Crippen molar-refractivity contribution in [3.63, 3.8) is 0 Å². The summed E-state index contributed by atoms with van der Waals surface area (Å²) in [6, 6.07) is 16.2. The normalized spacial score (nSPS) is 18.2. The lowest BCUT2D eigenvalue weighted by atomic mass is 10.1. The summed E-state index contributed by atoms with van der Waals surface area (Å²) >= 11 is 24.1. The molecule has 1 amide bonds. The molecule has 126 valence electrons. The summed E-state index contributed by atoms with van der Waals surface area (Å²) < 4.78 is 3.69. The minimum absolute atomic E-state index is 0.113. The number of hydrogen-bond donors (Lipinski definition) is 0. The molecule has 24 heavy (non-hydrogen) atoms. The molecular weight excluding hydrogens is 392 g/mol. The van der Waals surface area contributed by atoms with Gasteiger partial charge in [0.2, 0.25) is 3.79 Å². The number of alkyl halides is 3. The van der Waals surface area contributed by atoms with Crippen LogP contribution in [0, 0.1) is 0 Å². The third-order valence-electron chi connectivity index (χ3n) is 3.73. The molecule has 0 spiro atoms. The molecule has 1 fully saturated rings. The molecule has 1 aliphatic rings. The van der Waals surface area contributed by atoms with E-state index in [4.69, 9.17) is 51.1 Å². The summed E-state index contributed by atoms with van der Waals surface area (Å²) in [6.45, 7) is 0.518. The van der Waals surface area contributed by atoms with E-state index in [-0.39, 0.29) is 6.04 Å². The molecule has 2 atom stereocenters. The van der Waals surface area contributed by atoms with Crippen molar-refractivity contribution in [2.45, 2.75) is 15.9 Å². The first-order chi connectivity index (χ1) is 11.4. The lowest BCUT2D eigenvalue weighted by Gasteiger charge is -2.25. The van der Waals surface area contributed by atoms with Crippen molar-refractivity contribution >= 4 is 52.5 Å². The maximum absolute atomic E-state index is 12.4. The summed E-state index contributed by atoms with van der Waals surface area (Å²) in [5.41, 5.74) is 1.49. The van der Waals surface area contributed by atoms with Gasteiger partial charge in [-0.25, -0.2) is 4.79 Å². The molecule has 0 saturated carbocycles. The van der Waals surface area contributed by atoms with Crippen LogP contribution in [-0.2, 0) is 4.74 Å². The molecular formula is C17H13Cl4NO2. The van der Waals surface area contributed by atoms with E-state index in [1.54, 1.807) is 30.3 Å². The minimum atomic E-state index is -1.77. The third-order valence-corrected chi connectivity index (χ3v) is 4.67. The van der Waals surface area contributed by atoms with Crippen LogP contribution in [0.1, 0.15) is 23.3 Å². The highest BCUT2D eigenvalue weighted by Gasteiger charge is 2.45. The van der Waals surface area contributed by atoms with Crippen LogP contribution in [0.4, 0.5) is 4.79 Å². The first-order valence-electron chi connectivity index (χ1n) is 7.21. The molecule has 0 bridgehead atoms. The second-order valence-electron chi connectivity index (χ2n) is 5.41. The van der Waals surface area contributed by atoms with Gasteiger partial charge in [0.05, 0.1) is 6.04 Å². The number of ether oxygens (including phenoxy) is 1. The van der Waals surface area contributed by atoms with E-state index < -0.39 is 16.0 Å².